The molecule has 0 aliphatic carbocycles. The van der Waals surface area contributed by atoms with Crippen LogP contribution in [0.25, 0.3) is 0 Å². The van der Waals surface area contributed by atoms with Gasteiger partial charge in [-0.3, -0.25) is 9.69 Å². The van der Waals surface area contributed by atoms with Crippen LogP contribution in [-0.2, 0) is 11.3 Å². The van der Waals surface area contributed by atoms with E-state index in [1.165, 1.54) is 23.9 Å². The van der Waals surface area contributed by atoms with E-state index in [0.29, 0.717) is 0 Å². The number of likely N-dealkylation sites (tertiary alicyclic amines) is 1. The number of nitrogens with zero attached hydrogens (tertiary/aromatic N) is 2. The van der Waals surface area contributed by atoms with Crippen LogP contribution in [0, 0.1) is 11.7 Å². The second kappa shape index (κ2) is 8.92. The minimum atomic E-state index is -0.295. The minimum Gasteiger partial charge on any atom is -0.299 e. The number of benzene rings is 2. The van der Waals surface area contributed by atoms with Gasteiger partial charge >= 0.3 is 0 Å². The van der Waals surface area contributed by atoms with Crippen molar-refractivity contribution in [2.75, 3.05) is 13.1 Å². The van der Waals surface area contributed by atoms with Gasteiger partial charge in [0.05, 0.1) is 6.21 Å². The number of halogens is 2. The third-order valence-corrected chi connectivity index (χ3v) is 4.79. The van der Waals surface area contributed by atoms with Gasteiger partial charge in [-0.05, 0) is 61.3 Å². The van der Waals surface area contributed by atoms with Gasteiger partial charge in [0.25, 0.3) is 0 Å². The summed E-state index contributed by atoms with van der Waals surface area (Å²) in [5.74, 6) is -0.382. The third kappa shape index (κ3) is 5.38. The van der Waals surface area contributed by atoms with Crippen LogP contribution < -0.4 is 5.43 Å². The van der Waals surface area contributed by atoms with Crippen LogP contribution in [0.4, 0.5) is 4.39 Å². The molecule has 1 N–H and O–H groups in total. The van der Waals surface area contributed by atoms with E-state index >= 15 is 0 Å². The van der Waals surface area contributed by atoms with E-state index < -0.39 is 0 Å². The summed E-state index contributed by atoms with van der Waals surface area (Å²) in [4.78, 5) is 14.6. The van der Waals surface area contributed by atoms with Gasteiger partial charge in [0.2, 0.25) is 5.91 Å². The fourth-order valence-electron chi connectivity index (χ4n) is 3.01. The lowest BCUT2D eigenvalue weighted by Crippen LogP contribution is -2.39. The Morgan fingerprint density at radius 3 is 2.46 bits per heavy atom. The van der Waals surface area contributed by atoms with Crippen LogP contribution in [0.3, 0.4) is 0 Å². The average Bonchev–Trinajstić information content (AvgIpc) is 2.66. The summed E-state index contributed by atoms with van der Waals surface area (Å²) in [5, 5.41) is 4.71. The van der Waals surface area contributed by atoms with E-state index in [0.717, 1.165) is 43.1 Å². The molecule has 1 heterocycles. The molecule has 1 fully saturated rings. The maximum absolute atomic E-state index is 12.8. The molecule has 0 bridgehead atoms. The number of hydrazone groups is 1. The lowest BCUT2D eigenvalue weighted by molar-refractivity contribution is -0.126. The molecule has 1 amide bonds. The summed E-state index contributed by atoms with van der Waals surface area (Å²) in [7, 11) is 0. The molecule has 0 radical (unpaired) electrons. The largest absolute Gasteiger partial charge is 0.299 e. The van der Waals surface area contributed by atoms with Gasteiger partial charge in [0, 0.05) is 17.5 Å². The van der Waals surface area contributed by atoms with Crippen molar-refractivity contribution in [1.82, 2.24) is 10.3 Å². The molecule has 136 valence electrons. The Balaban J connectivity index is 1.43. The van der Waals surface area contributed by atoms with Crippen LogP contribution >= 0.6 is 11.6 Å². The summed E-state index contributed by atoms with van der Waals surface area (Å²) in [6, 6.07) is 13.8. The van der Waals surface area contributed by atoms with Crippen LogP contribution in [0.5, 0.6) is 0 Å². The van der Waals surface area contributed by atoms with Crippen molar-refractivity contribution < 1.29 is 9.18 Å². The Kier molecular flexibility index (Phi) is 6.36. The minimum absolute atomic E-state index is 0.0261. The number of carbonyl (C=O) groups excluding carboxylic acids is 1. The van der Waals surface area contributed by atoms with E-state index in [2.05, 4.69) is 15.4 Å². The SMILES string of the molecule is O=C(N/N=C/c1ccc(F)cc1)C1CCN(Cc2ccc(Cl)cc2)CC1. The number of rotatable bonds is 5. The first-order valence-electron chi connectivity index (χ1n) is 8.65. The van der Waals surface area contributed by atoms with Gasteiger partial charge in [0.1, 0.15) is 5.82 Å². The number of nitrogens with one attached hydrogen (secondary N) is 1. The van der Waals surface area contributed by atoms with Crippen molar-refractivity contribution >= 4 is 23.7 Å². The summed E-state index contributed by atoms with van der Waals surface area (Å²) in [6.45, 7) is 2.62. The predicted octanol–water partition coefficient (Wildman–Crippen LogP) is 3.84. The van der Waals surface area contributed by atoms with Crippen LogP contribution in [0.1, 0.15) is 24.0 Å². The van der Waals surface area contributed by atoms with E-state index in [1.807, 2.05) is 24.3 Å². The highest BCUT2D eigenvalue weighted by Crippen LogP contribution is 2.20. The highest BCUT2D eigenvalue weighted by atomic mass is 35.5. The standard InChI is InChI=1S/C20H21ClFN3O/c21-18-5-1-16(2-6-18)14-25-11-9-17(10-12-25)20(26)24-23-13-15-3-7-19(22)8-4-15/h1-8,13,17H,9-12,14H2,(H,24,26)/b23-13+. The number of hydrogen-bond acceptors (Lipinski definition) is 3. The maximum Gasteiger partial charge on any atom is 0.243 e. The third-order valence-electron chi connectivity index (χ3n) is 4.54. The fraction of sp³-hybridized carbons (Fsp3) is 0.300. The number of carbonyl (C=O) groups is 1. The maximum atomic E-state index is 12.8. The fourth-order valence-corrected chi connectivity index (χ4v) is 3.14. The van der Waals surface area contributed by atoms with Crippen molar-refractivity contribution in [1.29, 1.82) is 0 Å². The topological polar surface area (TPSA) is 44.7 Å². The Morgan fingerprint density at radius 1 is 1.15 bits per heavy atom. The first kappa shape index (κ1) is 18.5. The Labute approximate surface area is 157 Å². The zero-order valence-corrected chi connectivity index (χ0v) is 15.1. The molecule has 26 heavy (non-hydrogen) atoms. The average molecular weight is 374 g/mol. The van der Waals surface area contributed by atoms with E-state index in [4.69, 9.17) is 11.6 Å². The lowest BCUT2D eigenvalue weighted by atomic mass is 9.96. The van der Waals surface area contributed by atoms with Gasteiger partial charge in [-0.15, -0.1) is 0 Å². The molecule has 1 aliphatic heterocycles. The van der Waals surface area contributed by atoms with Gasteiger partial charge in [-0.2, -0.15) is 5.10 Å². The van der Waals surface area contributed by atoms with Gasteiger partial charge in [0.15, 0.2) is 0 Å². The van der Waals surface area contributed by atoms with Crippen molar-refractivity contribution in [2.24, 2.45) is 11.0 Å². The van der Waals surface area contributed by atoms with Gasteiger partial charge in [-0.25, -0.2) is 9.82 Å². The first-order chi connectivity index (χ1) is 12.6. The van der Waals surface area contributed by atoms with Crippen LogP contribution in [0.15, 0.2) is 53.6 Å². The zero-order chi connectivity index (χ0) is 18.4. The molecule has 0 spiro atoms. The quantitative estimate of drug-likeness (QED) is 0.639. The lowest BCUT2D eigenvalue weighted by Gasteiger charge is -2.30. The number of piperidine rings is 1. The molecule has 2 aromatic carbocycles. The molecule has 0 saturated carbocycles. The molecule has 2 aromatic rings. The van der Waals surface area contributed by atoms with Crippen LogP contribution in [0.2, 0.25) is 5.02 Å². The second-order valence-electron chi connectivity index (χ2n) is 6.46. The van der Waals surface area contributed by atoms with E-state index in [1.54, 1.807) is 12.1 Å². The second-order valence-corrected chi connectivity index (χ2v) is 6.90. The zero-order valence-electron chi connectivity index (χ0n) is 14.4. The normalized spacial score (nSPS) is 16.1. The van der Waals surface area contributed by atoms with Gasteiger partial charge < -0.3 is 0 Å². The number of hydrogen-bond donors (Lipinski definition) is 1. The molecule has 6 heteroatoms. The summed E-state index contributed by atoms with van der Waals surface area (Å²) in [5.41, 5.74) is 4.55. The number of amides is 1. The van der Waals surface area contributed by atoms with E-state index in [9.17, 15) is 9.18 Å². The monoisotopic (exact) mass is 373 g/mol. The molecule has 4 nitrogen and oxygen atoms in total. The van der Waals surface area contributed by atoms with Crippen molar-refractivity contribution in [2.45, 2.75) is 19.4 Å². The van der Waals surface area contributed by atoms with Crippen molar-refractivity contribution in [3.63, 3.8) is 0 Å². The van der Waals surface area contributed by atoms with Crippen LogP contribution in [-0.4, -0.2) is 30.1 Å². The first-order valence-corrected chi connectivity index (χ1v) is 9.03. The van der Waals surface area contributed by atoms with Crippen molar-refractivity contribution in [3.8, 4) is 0 Å². The highest BCUT2D eigenvalue weighted by Gasteiger charge is 2.24. The Hall–Kier alpha value is -2.24. The molecule has 3 rings (SSSR count). The Bertz CT molecular complexity index is 754. The molecule has 1 saturated heterocycles. The summed E-state index contributed by atoms with van der Waals surface area (Å²) >= 11 is 5.91. The molecule has 0 atom stereocenters. The molecular weight excluding hydrogens is 353 g/mol. The summed E-state index contributed by atoms with van der Waals surface area (Å²) in [6.07, 6.45) is 3.14. The molecule has 0 aromatic heterocycles. The highest BCUT2D eigenvalue weighted by molar-refractivity contribution is 6.30. The van der Waals surface area contributed by atoms with E-state index in [-0.39, 0.29) is 17.6 Å². The molecule has 0 unspecified atom stereocenters. The van der Waals surface area contributed by atoms with Crippen molar-refractivity contribution in [3.05, 3.63) is 70.5 Å². The molecule has 1 aliphatic rings. The van der Waals surface area contributed by atoms with Gasteiger partial charge in [-0.1, -0.05) is 35.9 Å². The predicted molar refractivity (Wildman–Crippen MR) is 102 cm³/mol. The smallest absolute Gasteiger partial charge is 0.243 e. The Morgan fingerprint density at radius 2 is 1.81 bits per heavy atom. The summed E-state index contributed by atoms with van der Waals surface area (Å²) < 4.78 is 12.8. The molecular formula is C20H21ClFN3O.